The Bertz CT molecular complexity index is 990. The number of aromatic nitrogens is 2. The Balaban J connectivity index is 1.68. The summed E-state index contributed by atoms with van der Waals surface area (Å²) < 4.78 is 43.0. The molecule has 0 fully saturated rings. The number of nitrogens with one attached hydrogen (secondary N) is 1. The van der Waals surface area contributed by atoms with Gasteiger partial charge in [0.1, 0.15) is 5.69 Å². The van der Waals surface area contributed by atoms with Crippen molar-refractivity contribution in [2.24, 2.45) is 0 Å². The van der Waals surface area contributed by atoms with E-state index in [2.05, 4.69) is 15.3 Å². The zero-order valence-electron chi connectivity index (χ0n) is 18.0. The second kappa shape index (κ2) is 11.7. The molecule has 0 aliphatic rings. The number of aryl methyl sites for hydroxylation is 1. The van der Waals surface area contributed by atoms with Crippen molar-refractivity contribution in [3.05, 3.63) is 59.0 Å². The van der Waals surface area contributed by atoms with Gasteiger partial charge in [-0.2, -0.15) is 4.39 Å². The van der Waals surface area contributed by atoms with E-state index < -0.39 is 11.1 Å². The van der Waals surface area contributed by atoms with Gasteiger partial charge in [-0.25, -0.2) is 13.8 Å². The molecule has 0 saturated heterocycles. The van der Waals surface area contributed by atoms with Gasteiger partial charge in [-0.1, -0.05) is 43.1 Å². The maximum atomic E-state index is 14.4. The van der Waals surface area contributed by atoms with E-state index >= 15 is 0 Å². The third-order valence-corrected chi connectivity index (χ3v) is 6.21. The molecule has 3 aromatic rings. The highest BCUT2D eigenvalue weighted by Gasteiger charge is 2.28. The fourth-order valence-electron chi connectivity index (χ4n) is 3.56. The Kier molecular flexibility index (Phi) is 8.93. The number of pyridine rings is 1. The van der Waals surface area contributed by atoms with Crippen LogP contribution in [0.2, 0.25) is 0 Å². The summed E-state index contributed by atoms with van der Waals surface area (Å²) in [5.74, 6) is -2.28. The maximum Gasteiger partial charge on any atom is 0.270 e. The molecule has 0 unspecified atom stereocenters. The number of anilines is 2. The second-order valence-electron chi connectivity index (χ2n) is 7.83. The van der Waals surface area contributed by atoms with Crippen molar-refractivity contribution in [2.75, 3.05) is 11.2 Å². The summed E-state index contributed by atoms with van der Waals surface area (Å²) in [5.41, 5.74) is 1.85. The predicted octanol–water partition coefficient (Wildman–Crippen LogP) is 8.32. The minimum atomic E-state index is -2.97. The molecule has 0 bridgehead atoms. The normalized spacial score (nSPS) is 11.7. The van der Waals surface area contributed by atoms with Gasteiger partial charge in [0.05, 0.1) is 0 Å². The average Bonchev–Trinajstić information content (AvgIpc) is 3.13. The van der Waals surface area contributed by atoms with Crippen LogP contribution in [0.25, 0.3) is 11.3 Å². The largest absolute Gasteiger partial charge is 0.331 e. The molecule has 172 valence electrons. The number of hydrogen-bond acceptors (Lipinski definition) is 4. The SMILES string of the molecule is CC(F)(F)c1cc(Nc2nc(-c3cccnc3)c(F)s2)ccc1CCCCCCCCCl. The zero-order valence-corrected chi connectivity index (χ0v) is 19.6. The topological polar surface area (TPSA) is 37.8 Å². The molecule has 0 saturated carbocycles. The maximum absolute atomic E-state index is 14.4. The summed E-state index contributed by atoms with van der Waals surface area (Å²) in [4.78, 5) is 8.26. The highest BCUT2D eigenvalue weighted by molar-refractivity contribution is 7.14. The average molecular weight is 482 g/mol. The molecule has 0 aliphatic heterocycles. The molecule has 2 aromatic heterocycles. The van der Waals surface area contributed by atoms with Crippen LogP contribution in [-0.4, -0.2) is 15.8 Å². The van der Waals surface area contributed by atoms with E-state index in [1.807, 2.05) is 0 Å². The van der Waals surface area contributed by atoms with Crippen molar-refractivity contribution in [3.63, 3.8) is 0 Å². The lowest BCUT2D eigenvalue weighted by molar-refractivity contribution is 0.0166. The summed E-state index contributed by atoms with van der Waals surface area (Å²) in [6, 6.07) is 8.34. The molecule has 0 aliphatic carbocycles. The Morgan fingerprint density at radius 1 is 1.06 bits per heavy atom. The number of thiazole rings is 1. The molecule has 0 amide bonds. The van der Waals surface area contributed by atoms with E-state index in [0.29, 0.717) is 34.2 Å². The molecule has 32 heavy (non-hydrogen) atoms. The standard InChI is InChI=1S/C24H27ClF3N3S/c1-24(27,28)20-15-19(12-11-17(20)9-6-4-2-3-5-7-13-25)30-23-31-21(22(26)32-23)18-10-8-14-29-16-18/h8,10-12,14-16H,2-7,9,13H2,1H3,(H,30,31). The Morgan fingerprint density at radius 2 is 1.81 bits per heavy atom. The van der Waals surface area contributed by atoms with E-state index in [1.165, 1.54) is 12.3 Å². The molecule has 1 N–H and O–H groups in total. The van der Waals surface area contributed by atoms with Gasteiger partial charge < -0.3 is 5.32 Å². The molecule has 0 radical (unpaired) electrons. The summed E-state index contributed by atoms with van der Waals surface area (Å²) in [5, 5.41) is 2.82. The zero-order chi connectivity index (χ0) is 23.0. The molecule has 0 atom stereocenters. The molecule has 0 spiro atoms. The number of nitrogens with zero attached hydrogens (tertiary/aromatic N) is 2. The van der Waals surface area contributed by atoms with Crippen LogP contribution in [0.5, 0.6) is 0 Å². The summed E-state index contributed by atoms with van der Waals surface area (Å²) in [6.45, 7) is 0.908. The van der Waals surface area contributed by atoms with Crippen molar-refractivity contribution in [1.82, 2.24) is 9.97 Å². The van der Waals surface area contributed by atoms with Crippen LogP contribution in [-0.2, 0) is 12.3 Å². The van der Waals surface area contributed by atoms with Crippen molar-refractivity contribution in [1.29, 1.82) is 0 Å². The minimum absolute atomic E-state index is 0.00542. The van der Waals surface area contributed by atoms with Crippen LogP contribution in [0, 0.1) is 5.13 Å². The van der Waals surface area contributed by atoms with Gasteiger partial charge in [0.25, 0.3) is 5.92 Å². The summed E-state index contributed by atoms with van der Waals surface area (Å²) in [7, 11) is 0. The van der Waals surface area contributed by atoms with E-state index in [9.17, 15) is 13.2 Å². The lowest BCUT2D eigenvalue weighted by atomic mass is 9.96. The molecule has 2 heterocycles. The van der Waals surface area contributed by atoms with Crippen molar-refractivity contribution >= 4 is 33.8 Å². The van der Waals surface area contributed by atoms with Crippen LogP contribution < -0.4 is 5.32 Å². The van der Waals surface area contributed by atoms with Crippen LogP contribution in [0.1, 0.15) is 56.6 Å². The van der Waals surface area contributed by atoms with Crippen LogP contribution in [0.3, 0.4) is 0 Å². The van der Waals surface area contributed by atoms with Crippen molar-refractivity contribution < 1.29 is 13.2 Å². The predicted molar refractivity (Wildman–Crippen MR) is 127 cm³/mol. The van der Waals surface area contributed by atoms with Gasteiger partial charge >= 0.3 is 0 Å². The van der Waals surface area contributed by atoms with Gasteiger partial charge in [0, 0.05) is 42.0 Å². The Labute approximate surface area is 196 Å². The van der Waals surface area contributed by atoms with E-state index in [0.717, 1.165) is 56.8 Å². The molecule has 1 aromatic carbocycles. The first-order valence-electron chi connectivity index (χ1n) is 10.8. The van der Waals surface area contributed by atoms with E-state index in [4.69, 9.17) is 11.6 Å². The lowest BCUT2D eigenvalue weighted by Gasteiger charge is -2.17. The highest BCUT2D eigenvalue weighted by Crippen LogP contribution is 2.35. The number of unbranched alkanes of at least 4 members (excludes halogenated alkanes) is 5. The number of rotatable bonds is 12. The first-order chi connectivity index (χ1) is 15.4. The number of halogens is 4. The van der Waals surface area contributed by atoms with Crippen molar-refractivity contribution in [2.45, 2.75) is 57.8 Å². The lowest BCUT2D eigenvalue weighted by Crippen LogP contribution is -2.11. The number of benzene rings is 1. The van der Waals surface area contributed by atoms with E-state index in [1.54, 1.807) is 30.5 Å². The molecule has 3 nitrogen and oxygen atoms in total. The molecular weight excluding hydrogens is 455 g/mol. The van der Waals surface area contributed by atoms with Crippen LogP contribution in [0.4, 0.5) is 24.0 Å². The second-order valence-corrected chi connectivity index (χ2v) is 9.16. The van der Waals surface area contributed by atoms with E-state index in [-0.39, 0.29) is 11.3 Å². The van der Waals surface area contributed by atoms with Gasteiger partial charge in [-0.3, -0.25) is 4.98 Å². The molecule has 3 rings (SSSR count). The highest BCUT2D eigenvalue weighted by atomic mass is 35.5. The van der Waals surface area contributed by atoms with Gasteiger partial charge in [0.2, 0.25) is 5.13 Å². The number of alkyl halides is 3. The quantitative estimate of drug-likeness (QED) is 0.209. The Hall–Kier alpha value is -2.12. The van der Waals surface area contributed by atoms with Crippen molar-refractivity contribution in [3.8, 4) is 11.3 Å². The minimum Gasteiger partial charge on any atom is -0.331 e. The first kappa shape index (κ1) is 24.5. The van der Waals surface area contributed by atoms with Crippen LogP contribution in [0.15, 0.2) is 42.7 Å². The van der Waals surface area contributed by atoms with Gasteiger partial charge in [-0.05, 0) is 49.1 Å². The monoisotopic (exact) mass is 481 g/mol. The molecule has 8 heteroatoms. The third-order valence-electron chi connectivity index (χ3n) is 5.18. The Morgan fingerprint density at radius 3 is 2.50 bits per heavy atom. The smallest absolute Gasteiger partial charge is 0.270 e. The summed E-state index contributed by atoms with van der Waals surface area (Å²) >= 11 is 6.52. The van der Waals surface area contributed by atoms with Gasteiger partial charge in [0.15, 0.2) is 5.13 Å². The summed E-state index contributed by atoms with van der Waals surface area (Å²) in [6.07, 6.45) is 9.95. The first-order valence-corrected chi connectivity index (χ1v) is 12.1. The number of hydrogen-bond donors (Lipinski definition) is 1. The van der Waals surface area contributed by atoms with Crippen LogP contribution >= 0.6 is 22.9 Å². The molecular formula is C24H27ClF3N3S. The fraction of sp³-hybridized carbons (Fsp3) is 0.417. The van der Waals surface area contributed by atoms with Gasteiger partial charge in [-0.15, -0.1) is 11.6 Å². The fourth-order valence-corrected chi connectivity index (χ4v) is 4.48. The third kappa shape index (κ3) is 6.94.